The number of hydrogen-bond donors (Lipinski definition) is 1. The van der Waals surface area contributed by atoms with Crippen molar-refractivity contribution in [1.29, 1.82) is 0 Å². The molecule has 3 rings (SSSR count). The summed E-state index contributed by atoms with van der Waals surface area (Å²) in [5, 5.41) is 8.68. The zero-order valence-electron chi connectivity index (χ0n) is 7.45. The van der Waals surface area contributed by atoms with Crippen molar-refractivity contribution in [2.45, 2.75) is 6.18 Å². The van der Waals surface area contributed by atoms with Crippen molar-refractivity contribution in [1.82, 2.24) is 0 Å². The van der Waals surface area contributed by atoms with E-state index in [9.17, 15) is 18.0 Å². The van der Waals surface area contributed by atoms with Gasteiger partial charge in [0.15, 0.2) is 5.97 Å². The van der Waals surface area contributed by atoms with Gasteiger partial charge in [0.2, 0.25) is 0 Å². The van der Waals surface area contributed by atoms with E-state index >= 15 is 0 Å². The predicted molar refractivity (Wildman–Crippen MR) is 38.4 cm³/mol. The Morgan fingerprint density at radius 3 is 2.07 bits per heavy atom. The largest absolute Gasteiger partial charge is 3.00 e. The minimum atomic E-state index is -4.24. The fourth-order valence-electron chi connectivity index (χ4n) is 2.99. The van der Waals surface area contributed by atoms with Crippen LogP contribution in [-0.2, 0) is 37.5 Å². The summed E-state index contributed by atoms with van der Waals surface area (Å²) in [5.41, 5.74) is -1.75. The summed E-state index contributed by atoms with van der Waals surface area (Å²) >= 11 is 0. The van der Waals surface area contributed by atoms with E-state index in [4.69, 9.17) is 5.11 Å². The van der Waals surface area contributed by atoms with Crippen LogP contribution >= 0.6 is 0 Å². The van der Waals surface area contributed by atoms with Gasteiger partial charge >= 0.3 is 38.9 Å². The third kappa shape index (κ3) is 1.04. The Bertz CT molecular complexity index is 314. The molecular weight excluding hydrogens is 286 g/mol. The van der Waals surface area contributed by atoms with Crippen molar-refractivity contribution in [2.24, 2.45) is 23.2 Å². The molecule has 0 aromatic rings. The summed E-state index contributed by atoms with van der Waals surface area (Å²) in [5.74, 6) is -2.18. The van der Waals surface area contributed by atoms with Gasteiger partial charge in [-0.1, -0.05) is 0 Å². The van der Waals surface area contributed by atoms with Crippen LogP contribution in [-0.4, -0.2) is 17.3 Å². The van der Waals surface area contributed by atoms with E-state index < -0.39 is 35.3 Å². The average Bonchev–Trinajstić information content (AvgIpc) is 1.99. The molecular formula is C9H6F3O2Y. The normalized spacial score (nSPS) is 45.3. The molecule has 2 unspecified atom stereocenters. The van der Waals surface area contributed by atoms with Crippen molar-refractivity contribution < 1.29 is 55.8 Å². The number of halogens is 3. The van der Waals surface area contributed by atoms with Crippen molar-refractivity contribution in [3.8, 4) is 0 Å². The van der Waals surface area contributed by atoms with Crippen LogP contribution in [0.5, 0.6) is 0 Å². The van der Waals surface area contributed by atoms with E-state index in [1.54, 1.807) is 0 Å². The van der Waals surface area contributed by atoms with E-state index in [1.165, 1.54) is 0 Å². The van der Waals surface area contributed by atoms with E-state index in [0.717, 1.165) is 12.8 Å². The van der Waals surface area contributed by atoms with Gasteiger partial charge in [0, 0.05) is 0 Å². The van der Waals surface area contributed by atoms with Crippen LogP contribution in [0.3, 0.4) is 0 Å². The standard InChI is InChI=1S/C9H6F3O2.Y/c10-9(11,12)8-1-3-5(7(13)14)4(2-8)6(3)8;/h1-4,6H,(H,13,14);/q-3;+3. The molecule has 78 valence electrons. The quantitative estimate of drug-likeness (QED) is 0.743. The molecule has 0 amide bonds. The molecule has 0 saturated heterocycles. The Morgan fingerprint density at radius 1 is 1.33 bits per heavy atom. The maximum Gasteiger partial charge on any atom is 3.00 e. The first-order valence-electron chi connectivity index (χ1n) is 4.27. The smallest absolute Gasteiger partial charge is 0.503 e. The fourth-order valence-corrected chi connectivity index (χ4v) is 2.99. The summed E-state index contributed by atoms with van der Waals surface area (Å²) in [6.45, 7) is 0. The molecule has 0 heterocycles. The molecule has 3 aliphatic carbocycles. The molecule has 2 nitrogen and oxygen atoms in total. The van der Waals surface area contributed by atoms with Crippen molar-refractivity contribution in [2.75, 3.05) is 0 Å². The Balaban J connectivity index is 0.000000853. The molecule has 0 aromatic heterocycles. The van der Waals surface area contributed by atoms with Crippen molar-refractivity contribution in [3.05, 3.63) is 18.8 Å². The molecule has 2 atom stereocenters. The maximum absolute atomic E-state index is 12.5. The van der Waals surface area contributed by atoms with Crippen LogP contribution in [0.15, 0.2) is 0 Å². The number of alkyl halides is 3. The maximum atomic E-state index is 12.5. The topological polar surface area (TPSA) is 37.3 Å². The third-order valence-corrected chi connectivity index (χ3v) is 3.69. The number of aliphatic carboxylic acids is 1. The van der Waals surface area contributed by atoms with E-state index in [2.05, 4.69) is 0 Å². The van der Waals surface area contributed by atoms with Gasteiger partial charge in [0.25, 0.3) is 0 Å². The monoisotopic (exact) mass is 292 g/mol. The zero-order chi connectivity index (χ0) is 10.3. The Labute approximate surface area is 109 Å². The van der Waals surface area contributed by atoms with Crippen LogP contribution in [0.25, 0.3) is 0 Å². The van der Waals surface area contributed by atoms with E-state index in [1.807, 2.05) is 0 Å². The summed E-state index contributed by atoms with van der Waals surface area (Å²) in [6, 6.07) is 0. The van der Waals surface area contributed by atoms with Gasteiger partial charge in [-0.15, -0.1) is 0 Å². The molecule has 3 fully saturated rings. The van der Waals surface area contributed by atoms with Gasteiger partial charge in [-0.2, -0.15) is 24.5 Å². The van der Waals surface area contributed by atoms with Gasteiger partial charge in [-0.3, -0.25) is 16.6 Å². The summed E-state index contributed by atoms with van der Waals surface area (Å²) in [4.78, 5) is 10.6. The van der Waals surface area contributed by atoms with Gasteiger partial charge < -0.3 is 23.9 Å². The summed E-state index contributed by atoms with van der Waals surface area (Å²) in [6.07, 6.45) is -1.99. The third-order valence-electron chi connectivity index (χ3n) is 3.69. The first kappa shape index (κ1) is 11.7. The molecule has 0 bridgehead atoms. The zero-order valence-corrected chi connectivity index (χ0v) is 10.3. The summed E-state index contributed by atoms with van der Waals surface area (Å²) in [7, 11) is 0. The second-order valence-electron chi connectivity index (χ2n) is 4.10. The van der Waals surface area contributed by atoms with Crippen LogP contribution < -0.4 is 0 Å². The van der Waals surface area contributed by atoms with Gasteiger partial charge in [-0.25, -0.2) is 0 Å². The summed E-state index contributed by atoms with van der Waals surface area (Å²) < 4.78 is 37.5. The molecule has 0 aliphatic heterocycles. The first-order chi connectivity index (χ1) is 6.38. The number of rotatable bonds is 1. The van der Waals surface area contributed by atoms with E-state index in [0.29, 0.717) is 0 Å². The van der Waals surface area contributed by atoms with Crippen LogP contribution in [0.2, 0.25) is 0 Å². The SMILES string of the molecule is O=C(O)[C-]1C2[CH-]C3(C(F)(F)F)[CH-]C1C23.[Y+3]. The van der Waals surface area contributed by atoms with Gasteiger partial charge in [0.05, 0.1) is 0 Å². The minimum Gasteiger partial charge on any atom is -0.503 e. The second-order valence-corrected chi connectivity index (χ2v) is 4.10. The first-order valence-corrected chi connectivity index (χ1v) is 4.27. The average molecular weight is 292 g/mol. The Kier molecular flexibility index (Phi) is 2.28. The molecule has 6 heteroatoms. The molecule has 15 heavy (non-hydrogen) atoms. The molecule has 0 radical (unpaired) electrons. The molecule has 1 N–H and O–H groups in total. The van der Waals surface area contributed by atoms with Crippen LogP contribution in [0.4, 0.5) is 13.2 Å². The molecule has 3 saturated carbocycles. The molecule has 3 aliphatic rings. The Morgan fingerprint density at radius 2 is 1.80 bits per heavy atom. The van der Waals surface area contributed by atoms with E-state index in [-0.39, 0.29) is 38.6 Å². The van der Waals surface area contributed by atoms with Crippen LogP contribution in [0.1, 0.15) is 0 Å². The number of carbonyl (C=O) groups is 1. The minimum absolute atomic E-state index is 0. The van der Waals surface area contributed by atoms with Gasteiger partial charge in [0.1, 0.15) is 0 Å². The van der Waals surface area contributed by atoms with Gasteiger partial charge in [-0.05, 0) is 0 Å². The molecule has 0 aromatic carbocycles. The molecule has 0 spiro atoms. The predicted octanol–water partition coefficient (Wildman–Crippen LogP) is 1.49. The van der Waals surface area contributed by atoms with Crippen LogP contribution in [0, 0.1) is 41.9 Å². The number of carboxylic acid groups (broad SMARTS) is 1. The van der Waals surface area contributed by atoms with Crippen molar-refractivity contribution >= 4 is 5.97 Å². The van der Waals surface area contributed by atoms with Crippen molar-refractivity contribution in [3.63, 3.8) is 0 Å². The Hall–Kier alpha value is 0.234. The second kappa shape index (κ2) is 2.92. The number of carboxylic acids is 1. The number of hydrogen-bond acceptors (Lipinski definition) is 1. The fraction of sp³-hybridized carbons (Fsp3) is 0.556.